The lowest BCUT2D eigenvalue weighted by Gasteiger charge is -2.20. The van der Waals surface area contributed by atoms with Crippen molar-refractivity contribution >= 4 is 11.9 Å². The summed E-state index contributed by atoms with van der Waals surface area (Å²) >= 11 is 0. The van der Waals surface area contributed by atoms with Crippen LogP contribution in [0.2, 0.25) is 0 Å². The predicted octanol–water partition coefficient (Wildman–Crippen LogP) is 18.0. The number of hydrogen-bond acceptors (Lipinski definition) is 5. The number of aliphatic hydroxyl groups is 2. The van der Waals surface area contributed by atoms with Crippen LogP contribution in [0.3, 0.4) is 0 Å². The van der Waals surface area contributed by atoms with E-state index in [2.05, 4.69) is 43.5 Å². The Balaban J connectivity index is 3.45. The van der Waals surface area contributed by atoms with Crippen molar-refractivity contribution in [3.05, 3.63) is 36.5 Å². The van der Waals surface area contributed by atoms with Gasteiger partial charge < -0.3 is 20.3 Å². The number of esters is 1. The monoisotopic (exact) mass is 928 g/mol. The second kappa shape index (κ2) is 55.7. The summed E-state index contributed by atoms with van der Waals surface area (Å²) in [5.41, 5.74) is 0. The first-order chi connectivity index (χ1) is 32.5. The second-order valence-electron chi connectivity index (χ2n) is 20.0. The van der Waals surface area contributed by atoms with Crippen molar-refractivity contribution in [3.63, 3.8) is 0 Å². The van der Waals surface area contributed by atoms with Gasteiger partial charge in [-0.1, -0.05) is 269 Å². The lowest BCUT2D eigenvalue weighted by atomic mass is 10.0. The molecule has 1 amide bonds. The van der Waals surface area contributed by atoms with Gasteiger partial charge in [-0.3, -0.25) is 9.59 Å². The third-order valence-corrected chi connectivity index (χ3v) is 13.4. The highest BCUT2D eigenvalue weighted by atomic mass is 16.5. The number of aliphatic hydroxyl groups excluding tert-OH is 2. The molecule has 0 saturated heterocycles. The molecule has 0 aliphatic rings. The zero-order chi connectivity index (χ0) is 47.9. The highest BCUT2D eigenvalue weighted by Gasteiger charge is 2.18. The fraction of sp³-hybridized carbons (Fsp3) is 0.867. The number of nitrogens with one attached hydrogen (secondary N) is 1. The van der Waals surface area contributed by atoms with Crippen LogP contribution in [0.5, 0.6) is 0 Å². The Morgan fingerprint density at radius 1 is 0.424 bits per heavy atom. The van der Waals surface area contributed by atoms with E-state index in [0.29, 0.717) is 19.4 Å². The van der Waals surface area contributed by atoms with Crippen molar-refractivity contribution in [3.8, 4) is 0 Å². The number of rotatable bonds is 54. The third kappa shape index (κ3) is 51.5. The van der Waals surface area contributed by atoms with Crippen LogP contribution in [-0.2, 0) is 14.3 Å². The Hall–Kier alpha value is -1.92. The summed E-state index contributed by atoms with van der Waals surface area (Å²) in [6.45, 7) is 4.89. The molecule has 0 aromatic carbocycles. The fourth-order valence-electron chi connectivity index (χ4n) is 8.90. The van der Waals surface area contributed by atoms with Crippen LogP contribution in [-0.4, -0.2) is 47.4 Å². The van der Waals surface area contributed by atoms with Crippen LogP contribution in [0.1, 0.15) is 309 Å². The van der Waals surface area contributed by atoms with Gasteiger partial charge in [-0.15, -0.1) is 0 Å². The minimum absolute atomic E-state index is 0.00848. The van der Waals surface area contributed by atoms with Gasteiger partial charge in [0.15, 0.2) is 0 Å². The third-order valence-electron chi connectivity index (χ3n) is 13.4. The largest absolute Gasteiger partial charge is 0.466 e. The van der Waals surface area contributed by atoms with Gasteiger partial charge in [0.05, 0.1) is 25.4 Å². The highest BCUT2D eigenvalue weighted by molar-refractivity contribution is 5.76. The quantitative estimate of drug-likeness (QED) is 0.0321. The van der Waals surface area contributed by atoms with Crippen molar-refractivity contribution in [2.75, 3.05) is 13.2 Å². The molecule has 2 atom stereocenters. The van der Waals surface area contributed by atoms with Gasteiger partial charge in [-0.05, 0) is 64.2 Å². The summed E-state index contributed by atoms with van der Waals surface area (Å²) in [5.74, 6) is -0.0706. The summed E-state index contributed by atoms with van der Waals surface area (Å²) in [7, 11) is 0. The lowest BCUT2D eigenvalue weighted by Crippen LogP contribution is -2.45. The number of ether oxygens (including phenoxy) is 1. The van der Waals surface area contributed by atoms with Crippen LogP contribution in [0.25, 0.3) is 0 Å². The maximum atomic E-state index is 12.4. The first-order valence-corrected chi connectivity index (χ1v) is 29.3. The minimum Gasteiger partial charge on any atom is -0.466 e. The molecule has 0 aliphatic heterocycles. The maximum absolute atomic E-state index is 12.4. The average Bonchev–Trinajstić information content (AvgIpc) is 3.32. The molecular formula is C60H113NO5. The summed E-state index contributed by atoms with van der Waals surface area (Å²) in [6, 6.07) is -0.634. The van der Waals surface area contributed by atoms with Crippen LogP contribution in [0.4, 0.5) is 0 Å². The smallest absolute Gasteiger partial charge is 0.305 e. The lowest BCUT2D eigenvalue weighted by molar-refractivity contribution is -0.143. The van der Waals surface area contributed by atoms with E-state index in [1.54, 1.807) is 6.08 Å². The first-order valence-electron chi connectivity index (χ1n) is 29.3. The van der Waals surface area contributed by atoms with E-state index >= 15 is 0 Å². The SMILES string of the molecule is CCCCCCCCCCCC/C=C/C(O)C(CO)NC(=O)CCCCCCCCC/C=C\C/C=C\CCCCCCCCCCCOC(=O)CCCCCCCCCCCCCCCC. The van der Waals surface area contributed by atoms with Gasteiger partial charge >= 0.3 is 5.97 Å². The average molecular weight is 929 g/mol. The van der Waals surface area contributed by atoms with Gasteiger partial charge in [0.1, 0.15) is 0 Å². The molecule has 3 N–H and O–H groups in total. The Morgan fingerprint density at radius 3 is 1.15 bits per heavy atom. The van der Waals surface area contributed by atoms with Gasteiger partial charge in [0, 0.05) is 12.8 Å². The van der Waals surface area contributed by atoms with E-state index in [0.717, 1.165) is 57.8 Å². The Bertz CT molecular complexity index is 1070. The van der Waals surface area contributed by atoms with Crippen LogP contribution in [0.15, 0.2) is 36.5 Å². The van der Waals surface area contributed by atoms with Crippen molar-refractivity contribution in [2.45, 2.75) is 321 Å². The standard InChI is InChI=1S/C60H113NO5/c1-3-5-7-9-11-13-15-17-30-34-38-42-46-50-54-60(65)66-55-51-47-43-39-35-31-28-26-24-22-20-18-19-21-23-25-27-29-33-37-41-45-49-53-59(64)61-57(56-62)58(63)52-48-44-40-36-32-16-14-12-10-8-6-4-2/h18,20-21,23,48,52,57-58,62-63H,3-17,19,22,24-47,49-51,53-56H2,1-2H3,(H,61,64)/b20-18-,23-21-,52-48+. The van der Waals surface area contributed by atoms with Crippen LogP contribution >= 0.6 is 0 Å². The summed E-state index contributed by atoms with van der Waals surface area (Å²) in [4.78, 5) is 24.5. The zero-order valence-electron chi connectivity index (χ0n) is 44.2. The molecule has 0 aromatic heterocycles. The molecule has 0 fully saturated rings. The van der Waals surface area contributed by atoms with Gasteiger partial charge in [-0.2, -0.15) is 0 Å². The summed E-state index contributed by atoms with van der Waals surface area (Å²) < 4.78 is 5.48. The van der Waals surface area contributed by atoms with Crippen LogP contribution < -0.4 is 5.32 Å². The van der Waals surface area contributed by atoms with E-state index in [-0.39, 0.29) is 18.5 Å². The molecule has 0 saturated carbocycles. The van der Waals surface area contributed by atoms with Crippen LogP contribution in [0, 0.1) is 0 Å². The van der Waals surface area contributed by atoms with Gasteiger partial charge in [0.25, 0.3) is 0 Å². The fourth-order valence-corrected chi connectivity index (χ4v) is 8.90. The highest BCUT2D eigenvalue weighted by Crippen LogP contribution is 2.16. The number of unbranched alkanes of at least 4 members (excludes halogenated alkanes) is 39. The molecule has 2 unspecified atom stereocenters. The molecule has 388 valence electrons. The number of hydrogen-bond donors (Lipinski definition) is 3. The summed E-state index contributed by atoms with van der Waals surface area (Å²) in [6.07, 6.45) is 68.9. The van der Waals surface area contributed by atoms with E-state index < -0.39 is 12.1 Å². The molecule has 0 rings (SSSR count). The van der Waals surface area contributed by atoms with Crippen molar-refractivity contribution < 1.29 is 24.5 Å². The zero-order valence-corrected chi connectivity index (χ0v) is 44.2. The predicted molar refractivity (Wildman–Crippen MR) is 287 cm³/mol. The molecule has 66 heavy (non-hydrogen) atoms. The number of amides is 1. The molecule has 6 nitrogen and oxygen atoms in total. The topological polar surface area (TPSA) is 95.9 Å². The van der Waals surface area contributed by atoms with E-state index in [1.807, 2.05) is 6.08 Å². The minimum atomic E-state index is -0.850. The molecule has 0 aromatic rings. The van der Waals surface area contributed by atoms with Crippen molar-refractivity contribution in [1.29, 1.82) is 0 Å². The molecular weight excluding hydrogens is 815 g/mol. The molecule has 0 bridgehead atoms. The Morgan fingerprint density at radius 2 is 0.758 bits per heavy atom. The molecule has 0 heterocycles. The van der Waals surface area contributed by atoms with Gasteiger partial charge in [-0.25, -0.2) is 0 Å². The Labute approximate surface area is 411 Å². The van der Waals surface area contributed by atoms with Gasteiger partial charge in [0.2, 0.25) is 5.91 Å². The summed E-state index contributed by atoms with van der Waals surface area (Å²) in [5, 5.41) is 23.0. The number of carbonyl (C=O) groups is 2. The van der Waals surface area contributed by atoms with Crippen molar-refractivity contribution in [2.24, 2.45) is 0 Å². The molecule has 0 spiro atoms. The number of carbonyl (C=O) groups excluding carboxylic acids is 2. The number of allylic oxidation sites excluding steroid dienone is 5. The van der Waals surface area contributed by atoms with Crippen molar-refractivity contribution in [1.82, 2.24) is 5.32 Å². The molecule has 0 aliphatic carbocycles. The second-order valence-corrected chi connectivity index (χ2v) is 20.0. The normalized spacial score (nSPS) is 12.8. The molecule has 6 heteroatoms. The van der Waals surface area contributed by atoms with E-state index in [9.17, 15) is 19.8 Å². The maximum Gasteiger partial charge on any atom is 0.305 e. The molecule has 0 radical (unpaired) electrons. The van der Waals surface area contributed by atoms with E-state index in [4.69, 9.17) is 4.74 Å². The Kier molecular flexibility index (Phi) is 54.1. The van der Waals surface area contributed by atoms with E-state index in [1.165, 1.54) is 225 Å². The first kappa shape index (κ1) is 64.1.